The smallest absolute Gasteiger partial charge is 0.185 e. The lowest BCUT2D eigenvalue weighted by molar-refractivity contribution is 0.692. The molecule has 0 aromatic heterocycles. The van der Waals surface area contributed by atoms with Gasteiger partial charge in [0, 0.05) is 6.54 Å². The first-order valence-corrected chi connectivity index (χ1v) is 3.65. The molecule has 0 aromatic carbocycles. The fourth-order valence-electron chi connectivity index (χ4n) is 0.551. The van der Waals surface area contributed by atoms with Gasteiger partial charge >= 0.3 is 0 Å². The number of hydrogen-bond acceptors (Lipinski definition) is 1. The van der Waals surface area contributed by atoms with Crippen molar-refractivity contribution in [3.8, 4) is 0 Å². The molecule has 0 heterocycles. The van der Waals surface area contributed by atoms with Crippen molar-refractivity contribution < 1.29 is 0 Å². The van der Waals surface area contributed by atoms with Gasteiger partial charge in [-0.2, -0.15) is 0 Å². The van der Waals surface area contributed by atoms with E-state index in [0.717, 1.165) is 13.0 Å². The van der Waals surface area contributed by atoms with Crippen molar-refractivity contribution in [1.82, 2.24) is 5.32 Å². The van der Waals surface area contributed by atoms with E-state index < -0.39 is 0 Å². The second kappa shape index (κ2) is 5.82. The van der Waals surface area contributed by atoms with E-state index in [2.05, 4.69) is 24.5 Å². The van der Waals surface area contributed by atoms with Crippen LogP contribution in [0.4, 0.5) is 0 Å². The lowest BCUT2D eigenvalue weighted by atomic mass is 10.2. The van der Waals surface area contributed by atoms with E-state index >= 15 is 0 Å². The summed E-state index contributed by atoms with van der Waals surface area (Å²) in [5.74, 6) is 0. The molecule has 0 aromatic rings. The lowest BCUT2D eigenvalue weighted by Gasteiger charge is -1.96. The van der Waals surface area contributed by atoms with Crippen LogP contribution in [0.25, 0.3) is 0 Å². The van der Waals surface area contributed by atoms with E-state index in [0.29, 0.717) is 0 Å². The predicted molar refractivity (Wildman–Crippen MR) is 43.3 cm³/mol. The third kappa shape index (κ3) is 7.69. The highest BCUT2D eigenvalue weighted by molar-refractivity contribution is 7.80. The predicted octanol–water partition coefficient (Wildman–Crippen LogP) is 1.02. The Labute approximate surface area is 61.8 Å². The minimum absolute atomic E-state index is 0.283. The zero-order chi connectivity index (χ0) is 7.11. The average Bonchev–Trinajstić information content (AvgIpc) is 1.80. The SMILES string of the molecule is CCCCC[N]C(N)=S. The third-order valence-corrected chi connectivity index (χ3v) is 1.16. The fourth-order valence-corrected chi connectivity index (χ4v) is 0.642. The normalized spacial score (nSPS) is 9.00. The highest BCUT2D eigenvalue weighted by Gasteiger charge is 1.88. The molecule has 53 valence electrons. The molecule has 1 radical (unpaired) electrons. The van der Waals surface area contributed by atoms with Crippen LogP contribution in [-0.4, -0.2) is 11.7 Å². The van der Waals surface area contributed by atoms with Crippen LogP contribution in [0.5, 0.6) is 0 Å². The highest BCUT2D eigenvalue weighted by atomic mass is 32.1. The van der Waals surface area contributed by atoms with Gasteiger partial charge in [0.25, 0.3) is 0 Å². The van der Waals surface area contributed by atoms with Gasteiger partial charge in [0.15, 0.2) is 5.11 Å². The Balaban J connectivity index is 2.83. The number of unbranched alkanes of at least 4 members (excludes halogenated alkanes) is 2. The summed E-state index contributed by atoms with van der Waals surface area (Å²) in [7, 11) is 0. The average molecular weight is 145 g/mol. The largest absolute Gasteiger partial charge is 0.375 e. The molecule has 2 nitrogen and oxygen atoms in total. The summed E-state index contributed by atoms with van der Waals surface area (Å²) >= 11 is 4.56. The Morgan fingerprint density at radius 2 is 2.22 bits per heavy atom. The van der Waals surface area contributed by atoms with Crippen LogP contribution in [0.2, 0.25) is 0 Å². The summed E-state index contributed by atoms with van der Waals surface area (Å²) < 4.78 is 0. The van der Waals surface area contributed by atoms with Crippen molar-refractivity contribution in [2.75, 3.05) is 6.54 Å². The van der Waals surface area contributed by atoms with Gasteiger partial charge in [-0.25, -0.2) is 0 Å². The van der Waals surface area contributed by atoms with Crippen molar-refractivity contribution in [3.63, 3.8) is 0 Å². The van der Waals surface area contributed by atoms with Gasteiger partial charge in [-0.1, -0.05) is 19.8 Å². The van der Waals surface area contributed by atoms with E-state index in [1.807, 2.05) is 0 Å². The van der Waals surface area contributed by atoms with Gasteiger partial charge in [-0.05, 0) is 18.6 Å². The first-order chi connectivity index (χ1) is 4.27. The number of nitrogens with two attached hydrogens (primary N) is 1. The molecule has 0 fully saturated rings. The Hall–Kier alpha value is -0.310. The molecule has 0 aliphatic rings. The van der Waals surface area contributed by atoms with Crippen LogP contribution in [0.15, 0.2) is 0 Å². The number of nitrogens with zero attached hydrogens (tertiary/aromatic N) is 1. The molecule has 0 amide bonds. The van der Waals surface area contributed by atoms with Gasteiger partial charge in [-0.3, -0.25) is 5.32 Å². The summed E-state index contributed by atoms with van der Waals surface area (Å²) in [5.41, 5.74) is 5.14. The Kier molecular flexibility index (Phi) is 5.62. The van der Waals surface area contributed by atoms with Crippen molar-refractivity contribution in [2.45, 2.75) is 26.2 Å². The first kappa shape index (κ1) is 8.69. The minimum atomic E-state index is 0.283. The van der Waals surface area contributed by atoms with Gasteiger partial charge in [0.2, 0.25) is 0 Å². The summed E-state index contributed by atoms with van der Waals surface area (Å²) in [6.07, 6.45) is 3.53. The fraction of sp³-hybridized carbons (Fsp3) is 0.833. The van der Waals surface area contributed by atoms with E-state index in [4.69, 9.17) is 5.73 Å². The van der Waals surface area contributed by atoms with Crippen LogP contribution in [0, 0.1) is 0 Å². The first-order valence-electron chi connectivity index (χ1n) is 3.24. The molecular formula is C6H13N2S. The van der Waals surface area contributed by atoms with Crippen LogP contribution >= 0.6 is 12.2 Å². The van der Waals surface area contributed by atoms with E-state index in [9.17, 15) is 0 Å². The zero-order valence-electron chi connectivity index (χ0n) is 5.76. The molecule has 9 heavy (non-hydrogen) atoms. The summed E-state index contributed by atoms with van der Waals surface area (Å²) in [6.45, 7) is 2.95. The lowest BCUT2D eigenvalue weighted by Crippen LogP contribution is -2.22. The minimum Gasteiger partial charge on any atom is -0.375 e. The van der Waals surface area contributed by atoms with Crippen molar-refractivity contribution in [3.05, 3.63) is 0 Å². The van der Waals surface area contributed by atoms with Gasteiger partial charge in [-0.15, -0.1) is 0 Å². The molecule has 0 aliphatic heterocycles. The molecule has 0 saturated carbocycles. The molecule has 0 atom stereocenters. The number of thiocarbonyl (C=S) groups is 1. The maximum absolute atomic E-state index is 5.14. The summed E-state index contributed by atoms with van der Waals surface area (Å²) in [6, 6.07) is 0. The van der Waals surface area contributed by atoms with Crippen LogP contribution < -0.4 is 11.1 Å². The maximum atomic E-state index is 5.14. The molecule has 2 N–H and O–H groups in total. The van der Waals surface area contributed by atoms with Gasteiger partial charge in [0.1, 0.15) is 0 Å². The highest BCUT2D eigenvalue weighted by Crippen LogP contribution is 1.90. The molecular weight excluding hydrogens is 132 g/mol. The molecule has 0 spiro atoms. The molecule has 0 aliphatic carbocycles. The molecule has 0 bridgehead atoms. The molecule has 3 heteroatoms. The van der Waals surface area contributed by atoms with Crippen molar-refractivity contribution >= 4 is 17.3 Å². The van der Waals surface area contributed by atoms with Crippen LogP contribution in [-0.2, 0) is 0 Å². The second-order valence-corrected chi connectivity index (χ2v) is 2.35. The molecule has 0 rings (SSSR count). The Morgan fingerprint density at radius 1 is 1.56 bits per heavy atom. The quantitative estimate of drug-likeness (QED) is 0.474. The monoisotopic (exact) mass is 145 g/mol. The summed E-state index contributed by atoms with van der Waals surface area (Å²) in [5, 5.41) is 4.15. The van der Waals surface area contributed by atoms with Gasteiger partial charge < -0.3 is 5.73 Å². The summed E-state index contributed by atoms with van der Waals surface area (Å²) in [4.78, 5) is 0. The van der Waals surface area contributed by atoms with Crippen LogP contribution in [0.3, 0.4) is 0 Å². The standard InChI is InChI=1S/C6H13N2S/c1-2-3-4-5-8-6(7)9/h2-5H2,1H3,(H2,7,9). The Bertz CT molecular complexity index is 83.1. The van der Waals surface area contributed by atoms with Crippen molar-refractivity contribution in [1.29, 1.82) is 0 Å². The molecule has 0 unspecified atom stereocenters. The van der Waals surface area contributed by atoms with Crippen molar-refractivity contribution in [2.24, 2.45) is 5.73 Å². The van der Waals surface area contributed by atoms with E-state index in [1.54, 1.807) is 0 Å². The van der Waals surface area contributed by atoms with E-state index in [-0.39, 0.29) is 5.11 Å². The number of rotatable bonds is 4. The maximum Gasteiger partial charge on any atom is 0.185 e. The van der Waals surface area contributed by atoms with Crippen LogP contribution in [0.1, 0.15) is 26.2 Å². The van der Waals surface area contributed by atoms with E-state index in [1.165, 1.54) is 12.8 Å². The third-order valence-electron chi connectivity index (χ3n) is 1.03. The number of hydrogen-bond donors (Lipinski definition) is 1. The van der Waals surface area contributed by atoms with Gasteiger partial charge in [0.05, 0.1) is 0 Å². The topological polar surface area (TPSA) is 40.1 Å². The molecule has 0 saturated heterocycles. The second-order valence-electron chi connectivity index (χ2n) is 1.93. The Morgan fingerprint density at radius 3 is 2.67 bits per heavy atom. The zero-order valence-corrected chi connectivity index (χ0v) is 6.58.